The van der Waals surface area contributed by atoms with Crippen LogP contribution in [0.2, 0.25) is 0 Å². The normalized spacial score (nSPS) is 10.4. The summed E-state index contributed by atoms with van der Waals surface area (Å²) in [5.74, 6) is 0. The van der Waals surface area contributed by atoms with Gasteiger partial charge < -0.3 is 4.90 Å². The highest BCUT2D eigenvalue weighted by Crippen LogP contribution is 2.10. The fraction of sp³-hybridized carbons (Fsp3) is 0.250. The van der Waals surface area contributed by atoms with E-state index in [1.807, 2.05) is 55.6 Å². The van der Waals surface area contributed by atoms with Gasteiger partial charge in [-0.3, -0.25) is 0 Å². The number of hydrogen-bond acceptors (Lipinski definition) is 3. The molecule has 19 heavy (non-hydrogen) atoms. The molecule has 2 rings (SSSR count). The molecule has 0 aromatic heterocycles. The Bertz CT molecular complexity index is 459. The molecule has 0 saturated heterocycles. The third-order valence-electron chi connectivity index (χ3n) is 2.86. The van der Waals surface area contributed by atoms with Gasteiger partial charge in [0.2, 0.25) is 0 Å². The Morgan fingerprint density at radius 3 is 2.16 bits per heavy atom. The van der Waals surface area contributed by atoms with Crippen molar-refractivity contribution in [1.29, 1.82) is 0 Å². The molecule has 0 aliphatic heterocycles. The second-order valence-electron chi connectivity index (χ2n) is 4.33. The van der Waals surface area contributed by atoms with E-state index in [0.717, 1.165) is 12.1 Å². The van der Waals surface area contributed by atoms with Crippen molar-refractivity contribution in [3.63, 3.8) is 0 Å². The van der Waals surface area contributed by atoms with Gasteiger partial charge in [0.25, 0.3) is 0 Å². The van der Waals surface area contributed by atoms with E-state index < -0.39 is 0 Å². The minimum atomic E-state index is 0.482. The quantitative estimate of drug-likeness (QED) is 0.431. The van der Waals surface area contributed by atoms with Crippen molar-refractivity contribution in [3.8, 4) is 0 Å². The number of para-hydroxylation sites is 1. The average Bonchev–Trinajstić information content (AvgIpc) is 2.49. The Morgan fingerprint density at radius 1 is 0.842 bits per heavy atom. The second-order valence-corrected chi connectivity index (χ2v) is 4.33. The van der Waals surface area contributed by atoms with Crippen molar-refractivity contribution in [2.24, 2.45) is 0 Å². The highest BCUT2D eigenvalue weighted by atomic mass is 17.2. The summed E-state index contributed by atoms with van der Waals surface area (Å²) in [7, 11) is 2.04. The van der Waals surface area contributed by atoms with Gasteiger partial charge in [0.1, 0.15) is 6.61 Å². The summed E-state index contributed by atoms with van der Waals surface area (Å²) in [5, 5.41) is 0. The second kappa shape index (κ2) is 7.56. The van der Waals surface area contributed by atoms with Crippen LogP contribution >= 0.6 is 0 Å². The van der Waals surface area contributed by atoms with Crippen molar-refractivity contribution in [2.45, 2.75) is 6.61 Å². The van der Waals surface area contributed by atoms with Crippen molar-refractivity contribution in [1.82, 2.24) is 0 Å². The highest BCUT2D eigenvalue weighted by Gasteiger charge is 1.99. The number of benzene rings is 2. The summed E-state index contributed by atoms with van der Waals surface area (Å²) < 4.78 is 0. The van der Waals surface area contributed by atoms with Gasteiger partial charge in [-0.05, 0) is 17.7 Å². The lowest BCUT2D eigenvalue weighted by Gasteiger charge is -2.18. The molecule has 100 valence electrons. The van der Waals surface area contributed by atoms with Crippen LogP contribution in [0.4, 0.5) is 5.69 Å². The van der Waals surface area contributed by atoms with Gasteiger partial charge in [-0.15, -0.1) is 0 Å². The fourth-order valence-corrected chi connectivity index (χ4v) is 1.73. The molecule has 0 fully saturated rings. The molecule has 0 amide bonds. The molecular weight excluding hydrogens is 238 g/mol. The van der Waals surface area contributed by atoms with Crippen LogP contribution in [0.25, 0.3) is 0 Å². The molecule has 0 aliphatic carbocycles. The molecule has 3 heteroatoms. The first-order valence-corrected chi connectivity index (χ1v) is 6.41. The van der Waals surface area contributed by atoms with Crippen LogP contribution in [0.3, 0.4) is 0 Å². The van der Waals surface area contributed by atoms with Gasteiger partial charge in [-0.2, -0.15) is 0 Å². The van der Waals surface area contributed by atoms with E-state index in [1.165, 1.54) is 5.69 Å². The van der Waals surface area contributed by atoms with E-state index in [4.69, 9.17) is 9.78 Å². The van der Waals surface area contributed by atoms with Crippen molar-refractivity contribution in [3.05, 3.63) is 66.2 Å². The monoisotopic (exact) mass is 257 g/mol. The number of nitrogens with zero attached hydrogens (tertiary/aromatic N) is 1. The van der Waals surface area contributed by atoms with Gasteiger partial charge in [0.15, 0.2) is 0 Å². The zero-order valence-corrected chi connectivity index (χ0v) is 11.2. The van der Waals surface area contributed by atoms with Crippen molar-refractivity contribution >= 4 is 5.69 Å². The van der Waals surface area contributed by atoms with Crippen LogP contribution in [-0.2, 0) is 16.4 Å². The van der Waals surface area contributed by atoms with E-state index >= 15 is 0 Å². The Morgan fingerprint density at radius 2 is 1.47 bits per heavy atom. The van der Waals surface area contributed by atoms with E-state index in [9.17, 15) is 0 Å². The minimum Gasteiger partial charge on any atom is -0.372 e. The molecule has 0 atom stereocenters. The van der Waals surface area contributed by atoms with Gasteiger partial charge in [0, 0.05) is 19.3 Å². The van der Waals surface area contributed by atoms with E-state index in [2.05, 4.69) is 17.0 Å². The molecule has 0 saturated carbocycles. The van der Waals surface area contributed by atoms with Crippen LogP contribution in [0.5, 0.6) is 0 Å². The van der Waals surface area contributed by atoms with Crippen molar-refractivity contribution < 1.29 is 9.78 Å². The zero-order chi connectivity index (χ0) is 13.3. The van der Waals surface area contributed by atoms with Crippen LogP contribution in [0.1, 0.15) is 5.56 Å². The third kappa shape index (κ3) is 4.73. The molecule has 0 N–H and O–H groups in total. The first kappa shape index (κ1) is 13.6. The molecule has 0 aliphatic rings. The predicted octanol–water partition coefficient (Wildman–Crippen LogP) is 3.27. The Labute approximate surface area is 114 Å². The lowest BCUT2D eigenvalue weighted by molar-refractivity contribution is -0.301. The van der Waals surface area contributed by atoms with E-state index in [-0.39, 0.29) is 0 Å². The summed E-state index contributed by atoms with van der Waals surface area (Å²) >= 11 is 0. The van der Waals surface area contributed by atoms with E-state index in [1.54, 1.807) is 0 Å². The van der Waals surface area contributed by atoms with Gasteiger partial charge in [-0.25, -0.2) is 9.78 Å². The average molecular weight is 257 g/mol. The summed E-state index contributed by atoms with van der Waals surface area (Å²) in [5.41, 5.74) is 2.29. The summed E-state index contributed by atoms with van der Waals surface area (Å²) in [4.78, 5) is 12.5. The summed E-state index contributed by atoms with van der Waals surface area (Å²) in [6.07, 6.45) is 0. The zero-order valence-electron chi connectivity index (χ0n) is 11.2. The number of likely N-dealkylation sites (N-methyl/N-ethyl adjacent to an activating group) is 1. The first-order chi connectivity index (χ1) is 9.36. The van der Waals surface area contributed by atoms with Gasteiger partial charge >= 0.3 is 0 Å². The maximum absolute atomic E-state index is 5.19. The largest absolute Gasteiger partial charge is 0.372 e. The lowest BCUT2D eigenvalue weighted by Crippen LogP contribution is -2.22. The minimum absolute atomic E-state index is 0.482. The fourth-order valence-electron chi connectivity index (χ4n) is 1.73. The van der Waals surface area contributed by atoms with Gasteiger partial charge in [-0.1, -0.05) is 48.5 Å². The SMILES string of the molecule is CN(CCOOCc1ccccc1)c1ccccc1. The number of rotatable bonds is 7. The molecule has 3 nitrogen and oxygen atoms in total. The summed E-state index contributed by atoms with van der Waals surface area (Å²) in [6.45, 7) is 1.81. The third-order valence-corrected chi connectivity index (χ3v) is 2.86. The van der Waals surface area contributed by atoms with E-state index in [0.29, 0.717) is 13.2 Å². The van der Waals surface area contributed by atoms with Gasteiger partial charge in [0.05, 0.1) is 6.61 Å². The molecule has 0 radical (unpaired) electrons. The number of anilines is 1. The Kier molecular flexibility index (Phi) is 5.41. The van der Waals surface area contributed by atoms with Crippen LogP contribution in [-0.4, -0.2) is 20.2 Å². The standard InChI is InChI=1S/C16H19NO2/c1-17(16-10-6-3-7-11-16)12-13-18-19-14-15-8-4-2-5-9-15/h2-11H,12-14H2,1H3. The smallest absolute Gasteiger partial charge is 0.107 e. The van der Waals surface area contributed by atoms with Crippen LogP contribution < -0.4 is 4.90 Å². The molecule has 0 heterocycles. The summed E-state index contributed by atoms with van der Waals surface area (Å²) in [6, 6.07) is 20.2. The maximum atomic E-state index is 5.19. The Hall–Kier alpha value is -1.84. The molecule has 0 bridgehead atoms. The van der Waals surface area contributed by atoms with Crippen molar-refractivity contribution in [2.75, 3.05) is 25.1 Å². The molecule has 0 spiro atoms. The van der Waals surface area contributed by atoms with Crippen LogP contribution in [0, 0.1) is 0 Å². The number of hydrogen-bond donors (Lipinski definition) is 0. The molecule has 2 aromatic rings. The topological polar surface area (TPSA) is 21.7 Å². The predicted molar refractivity (Wildman–Crippen MR) is 76.9 cm³/mol. The lowest BCUT2D eigenvalue weighted by atomic mass is 10.2. The molecule has 2 aromatic carbocycles. The molecule has 0 unspecified atom stereocenters. The molecular formula is C16H19NO2. The van der Waals surface area contributed by atoms with Crippen LogP contribution in [0.15, 0.2) is 60.7 Å². The first-order valence-electron chi connectivity index (χ1n) is 6.41. The Balaban J connectivity index is 1.62. The highest BCUT2D eigenvalue weighted by molar-refractivity contribution is 5.44. The maximum Gasteiger partial charge on any atom is 0.107 e.